The van der Waals surface area contributed by atoms with Crippen molar-refractivity contribution in [3.05, 3.63) is 29.8 Å². The van der Waals surface area contributed by atoms with Crippen molar-refractivity contribution in [3.8, 4) is 5.75 Å². The molecule has 0 amide bonds. The van der Waals surface area contributed by atoms with Crippen LogP contribution in [0.3, 0.4) is 0 Å². The van der Waals surface area contributed by atoms with Crippen molar-refractivity contribution < 1.29 is 9.84 Å². The molecule has 2 heterocycles. The lowest BCUT2D eigenvalue weighted by atomic mass is 9.85. The van der Waals surface area contributed by atoms with Crippen LogP contribution in [-0.2, 0) is 0 Å². The van der Waals surface area contributed by atoms with Crippen LogP contribution in [0.25, 0.3) is 0 Å². The minimum atomic E-state index is -0.398. The van der Waals surface area contributed by atoms with E-state index in [0.717, 1.165) is 24.3 Å². The highest BCUT2D eigenvalue weighted by Gasteiger charge is 2.34. The molecule has 18 heavy (non-hydrogen) atoms. The van der Waals surface area contributed by atoms with Gasteiger partial charge in [-0.05, 0) is 25.5 Å². The number of para-hydroxylation sites is 1. The topological polar surface area (TPSA) is 41.5 Å². The highest BCUT2D eigenvalue weighted by Crippen LogP contribution is 2.37. The first-order valence-electron chi connectivity index (χ1n) is 6.99. The number of rotatable bonds is 1. The Balaban J connectivity index is 1.78. The van der Waals surface area contributed by atoms with Crippen molar-refractivity contribution in [3.63, 3.8) is 0 Å². The summed E-state index contributed by atoms with van der Waals surface area (Å²) in [4.78, 5) is 0. The van der Waals surface area contributed by atoms with Crippen molar-refractivity contribution in [2.24, 2.45) is 5.92 Å². The Kier molecular flexibility index (Phi) is 3.52. The Morgan fingerprint density at radius 2 is 2.06 bits per heavy atom. The molecule has 0 aromatic heterocycles. The minimum Gasteiger partial charge on any atom is -0.493 e. The number of hydrogen-bond donors (Lipinski definition) is 2. The van der Waals surface area contributed by atoms with Crippen LogP contribution in [-0.4, -0.2) is 24.3 Å². The molecule has 3 rings (SSSR count). The predicted molar refractivity (Wildman–Crippen MR) is 70.6 cm³/mol. The van der Waals surface area contributed by atoms with Crippen LogP contribution >= 0.6 is 0 Å². The second-order valence-electron chi connectivity index (χ2n) is 5.37. The Labute approximate surface area is 108 Å². The van der Waals surface area contributed by atoms with Gasteiger partial charge in [0, 0.05) is 17.5 Å². The summed E-state index contributed by atoms with van der Waals surface area (Å²) in [6.45, 7) is 1.69. The van der Waals surface area contributed by atoms with Crippen LogP contribution in [0, 0.1) is 5.92 Å². The number of aliphatic hydroxyl groups excluding tert-OH is 1. The summed E-state index contributed by atoms with van der Waals surface area (Å²) < 4.78 is 5.80. The third kappa shape index (κ3) is 2.25. The van der Waals surface area contributed by atoms with Gasteiger partial charge in [-0.25, -0.2) is 0 Å². The number of fused-ring (bicyclic) bond motifs is 1. The zero-order chi connectivity index (χ0) is 12.4. The highest BCUT2D eigenvalue weighted by molar-refractivity contribution is 5.37. The van der Waals surface area contributed by atoms with Crippen LogP contribution in [0.5, 0.6) is 5.75 Å². The van der Waals surface area contributed by atoms with Crippen molar-refractivity contribution in [1.29, 1.82) is 0 Å². The van der Waals surface area contributed by atoms with Gasteiger partial charge in [0.1, 0.15) is 5.75 Å². The maximum absolute atomic E-state index is 10.5. The zero-order valence-electron chi connectivity index (χ0n) is 10.6. The van der Waals surface area contributed by atoms with Crippen molar-refractivity contribution in [2.45, 2.75) is 37.8 Å². The summed E-state index contributed by atoms with van der Waals surface area (Å²) in [5, 5.41) is 14.1. The molecule has 2 aliphatic heterocycles. The molecule has 3 atom stereocenters. The molecular weight excluding hydrogens is 226 g/mol. The van der Waals surface area contributed by atoms with E-state index in [4.69, 9.17) is 4.74 Å². The van der Waals surface area contributed by atoms with Crippen LogP contribution in [0.2, 0.25) is 0 Å². The molecule has 0 radical (unpaired) electrons. The van der Waals surface area contributed by atoms with E-state index >= 15 is 0 Å². The van der Waals surface area contributed by atoms with E-state index in [9.17, 15) is 5.11 Å². The molecule has 2 aliphatic rings. The molecule has 3 unspecified atom stereocenters. The first-order chi connectivity index (χ1) is 8.86. The standard InChI is InChI=1S/C15H21NO2/c17-15-11-6-3-4-8-14(11)18-10-12(15)13-7-2-1-5-9-16-13/h3-4,6,8,12-13,15-17H,1-2,5,7,9-10H2. The van der Waals surface area contributed by atoms with E-state index in [1.54, 1.807) is 0 Å². The molecule has 98 valence electrons. The van der Waals surface area contributed by atoms with Crippen LogP contribution < -0.4 is 10.1 Å². The van der Waals surface area contributed by atoms with E-state index < -0.39 is 6.10 Å². The number of aliphatic hydroxyl groups is 1. The van der Waals surface area contributed by atoms with Gasteiger partial charge in [-0.3, -0.25) is 0 Å². The SMILES string of the molecule is OC1c2ccccc2OCC1C1CCCCCN1. The second-order valence-corrected chi connectivity index (χ2v) is 5.37. The molecule has 2 N–H and O–H groups in total. The number of ether oxygens (including phenoxy) is 1. The van der Waals surface area contributed by atoms with E-state index in [2.05, 4.69) is 5.32 Å². The third-order valence-electron chi connectivity index (χ3n) is 4.19. The maximum Gasteiger partial charge on any atom is 0.125 e. The smallest absolute Gasteiger partial charge is 0.125 e. The van der Waals surface area contributed by atoms with Crippen molar-refractivity contribution >= 4 is 0 Å². The molecule has 1 aromatic carbocycles. The van der Waals surface area contributed by atoms with Crippen LogP contribution in [0.15, 0.2) is 24.3 Å². The van der Waals surface area contributed by atoms with Crippen molar-refractivity contribution in [2.75, 3.05) is 13.2 Å². The van der Waals surface area contributed by atoms with E-state index in [1.807, 2.05) is 24.3 Å². The quantitative estimate of drug-likeness (QED) is 0.800. The lowest BCUT2D eigenvalue weighted by Crippen LogP contribution is -2.43. The summed E-state index contributed by atoms with van der Waals surface area (Å²) in [6.07, 6.45) is 4.54. The van der Waals surface area contributed by atoms with Gasteiger partial charge in [-0.2, -0.15) is 0 Å². The average molecular weight is 247 g/mol. The van der Waals surface area contributed by atoms with Gasteiger partial charge in [0.15, 0.2) is 0 Å². The first-order valence-corrected chi connectivity index (χ1v) is 6.99. The van der Waals surface area contributed by atoms with Gasteiger partial charge < -0.3 is 15.2 Å². The monoisotopic (exact) mass is 247 g/mol. The first kappa shape index (κ1) is 12.0. The molecule has 1 fully saturated rings. The fraction of sp³-hybridized carbons (Fsp3) is 0.600. The Hall–Kier alpha value is -1.06. The summed E-state index contributed by atoms with van der Waals surface area (Å²) >= 11 is 0. The van der Waals surface area contributed by atoms with Gasteiger partial charge in [0.05, 0.1) is 12.7 Å². The number of nitrogens with one attached hydrogen (secondary N) is 1. The summed E-state index contributed by atoms with van der Waals surface area (Å²) in [5.74, 6) is 1.02. The summed E-state index contributed by atoms with van der Waals surface area (Å²) in [7, 11) is 0. The van der Waals surface area contributed by atoms with Gasteiger partial charge in [-0.1, -0.05) is 31.0 Å². The Morgan fingerprint density at radius 3 is 3.00 bits per heavy atom. The third-order valence-corrected chi connectivity index (χ3v) is 4.19. The van der Waals surface area contributed by atoms with Gasteiger partial charge >= 0.3 is 0 Å². The summed E-state index contributed by atoms with van der Waals surface area (Å²) in [6, 6.07) is 8.22. The fourth-order valence-electron chi connectivity index (χ4n) is 3.12. The average Bonchev–Trinajstić information content (AvgIpc) is 2.68. The zero-order valence-corrected chi connectivity index (χ0v) is 10.6. The second kappa shape index (κ2) is 5.29. The molecule has 0 saturated carbocycles. The molecule has 0 spiro atoms. The van der Waals surface area contributed by atoms with Crippen molar-refractivity contribution in [1.82, 2.24) is 5.32 Å². The molecule has 3 heteroatoms. The van der Waals surface area contributed by atoms with E-state index in [0.29, 0.717) is 12.6 Å². The minimum absolute atomic E-state index is 0.179. The molecule has 3 nitrogen and oxygen atoms in total. The Bertz CT molecular complexity index is 399. The molecular formula is C15H21NO2. The van der Waals surface area contributed by atoms with Gasteiger partial charge in [-0.15, -0.1) is 0 Å². The maximum atomic E-state index is 10.5. The lowest BCUT2D eigenvalue weighted by molar-refractivity contribution is 0.0284. The molecule has 1 saturated heterocycles. The predicted octanol–water partition coefficient (Wildman–Crippen LogP) is 2.26. The highest BCUT2D eigenvalue weighted by atomic mass is 16.5. The largest absolute Gasteiger partial charge is 0.493 e. The Morgan fingerprint density at radius 1 is 1.17 bits per heavy atom. The van der Waals surface area contributed by atoms with E-state index in [-0.39, 0.29) is 5.92 Å². The lowest BCUT2D eigenvalue weighted by Gasteiger charge is -2.35. The van der Waals surface area contributed by atoms with Gasteiger partial charge in [0.2, 0.25) is 0 Å². The molecule has 1 aromatic rings. The molecule has 0 bridgehead atoms. The number of benzene rings is 1. The normalized spacial score (nSPS) is 32.2. The van der Waals surface area contributed by atoms with Crippen LogP contribution in [0.4, 0.5) is 0 Å². The fourth-order valence-corrected chi connectivity index (χ4v) is 3.12. The number of hydrogen-bond acceptors (Lipinski definition) is 3. The van der Waals surface area contributed by atoms with Gasteiger partial charge in [0.25, 0.3) is 0 Å². The van der Waals surface area contributed by atoms with Crippen LogP contribution in [0.1, 0.15) is 37.4 Å². The summed E-state index contributed by atoms with van der Waals surface area (Å²) in [5.41, 5.74) is 0.944. The molecule has 0 aliphatic carbocycles. The van der Waals surface area contributed by atoms with E-state index in [1.165, 1.54) is 19.3 Å².